The first-order valence-electron chi connectivity index (χ1n) is 11.3. The maximum Gasteiger partial charge on any atom is 1.00 e. The van der Waals surface area contributed by atoms with Gasteiger partial charge in [-0.3, -0.25) is 33.3 Å². The molecule has 204 valence electrons. The smallest absolute Gasteiger partial charge is 0.756 e. The molecule has 38 heavy (non-hydrogen) atoms. The third-order valence-corrected chi connectivity index (χ3v) is 7.13. The van der Waals surface area contributed by atoms with Gasteiger partial charge in [-0.1, -0.05) is 0 Å². The number of ether oxygens (including phenoxy) is 2. The zero-order chi connectivity index (χ0) is 27.1. The number of rotatable bonds is 8. The number of phosphoric acid groups is 1. The van der Waals surface area contributed by atoms with Crippen molar-refractivity contribution >= 4 is 7.82 Å². The molecule has 1 unspecified atom stereocenters. The van der Waals surface area contributed by atoms with Crippen LogP contribution < -0.4 is 56.9 Å². The second kappa shape index (κ2) is 12.2. The normalized spacial score (nSPS) is 28.7. The van der Waals surface area contributed by atoms with Gasteiger partial charge >= 0.3 is 40.9 Å². The minimum atomic E-state index is -5.03. The van der Waals surface area contributed by atoms with E-state index in [4.69, 9.17) is 18.5 Å². The largest absolute Gasteiger partial charge is 1.00 e. The minimum Gasteiger partial charge on any atom is -0.756 e. The number of aromatic nitrogens is 4. The Labute approximate surface area is 236 Å². The Kier molecular flexibility index (Phi) is 9.92. The Hall–Kier alpha value is -1.69. The van der Waals surface area contributed by atoms with Crippen molar-refractivity contribution in [2.24, 2.45) is 0 Å². The fraction of sp³-hybridized carbons (Fsp3) is 0.600. The third kappa shape index (κ3) is 6.71. The van der Waals surface area contributed by atoms with Crippen LogP contribution >= 0.6 is 7.82 Å². The van der Waals surface area contributed by atoms with E-state index in [0.29, 0.717) is 0 Å². The van der Waals surface area contributed by atoms with Gasteiger partial charge in [0, 0.05) is 36.4 Å². The molecule has 18 heteroatoms. The molecule has 0 amide bonds. The molecular formula is C20H26N4NaO12P. The van der Waals surface area contributed by atoms with Crippen molar-refractivity contribution in [1.29, 1.82) is 0 Å². The van der Waals surface area contributed by atoms with Crippen LogP contribution in [0, 0.1) is 13.8 Å². The average Bonchev–Trinajstić information content (AvgIpc) is 3.39. The summed E-state index contributed by atoms with van der Waals surface area (Å²) >= 11 is 0. The predicted molar refractivity (Wildman–Crippen MR) is 121 cm³/mol. The molecule has 0 spiro atoms. The molecule has 4 N–H and O–H groups in total. The summed E-state index contributed by atoms with van der Waals surface area (Å²) in [6.45, 7) is 1.68. The number of aryl methyl sites for hydroxylation is 2. The second-order valence-electron chi connectivity index (χ2n) is 8.82. The first-order chi connectivity index (χ1) is 17.4. The van der Waals surface area contributed by atoms with Crippen LogP contribution in [-0.2, 0) is 23.1 Å². The number of nitrogens with one attached hydrogen (secondary N) is 2. The maximum absolute atomic E-state index is 12.5. The summed E-state index contributed by atoms with van der Waals surface area (Å²) < 4.78 is 35.7. The van der Waals surface area contributed by atoms with Gasteiger partial charge in [-0.15, -0.1) is 0 Å². The summed E-state index contributed by atoms with van der Waals surface area (Å²) in [6.07, 6.45) is -4.38. The van der Waals surface area contributed by atoms with Crippen molar-refractivity contribution in [3.63, 3.8) is 0 Å². The Balaban J connectivity index is 0.00000400. The molecule has 16 nitrogen and oxygen atoms in total. The van der Waals surface area contributed by atoms with Crippen LogP contribution in [-0.4, -0.2) is 66.9 Å². The van der Waals surface area contributed by atoms with Gasteiger partial charge < -0.3 is 33.6 Å². The van der Waals surface area contributed by atoms with Crippen LogP contribution in [0.3, 0.4) is 0 Å². The van der Waals surface area contributed by atoms with Gasteiger partial charge in [0.15, 0.2) is 0 Å². The molecule has 0 bridgehead atoms. The zero-order valence-electron chi connectivity index (χ0n) is 20.8. The zero-order valence-corrected chi connectivity index (χ0v) is 23.7. The van der Waals surface area contributed by atoms with E-state index >= 15 is 0 Å². The van der Waals surface area contributed by atoms with E-state index in [1.54, 1.807) is 0 Å². The predicted octanol–water partition coefficient (Wildman–Crippen LogP) is -5.49. The van der Waals surface area contributed by atoms with E-state index in [2.05, 4.69) is 9.97 Å². The van der Waals surface area contributed by atoms with E-state index < -0.39 is 80.4 Å². The van der Waals surface area contributed by atoms with Crippen LogP contribution in [0.5, 0.6) is 0 Å². The Bertz CT molecular complexity index is 1440. The average molecular weight is 568 g/mol. The number of aromatic amines is 2. The molecule has 0 saturated carbocycles. The van der Waals surface area contributed by atoms with Gasteiger partial charge in [-0.2, -0.15) is 0 Å². The quantitative estimate of drug-likeness (QED) is 0.173. The molecule has 2 aliphatic heterocycles. The number of aliphatic hydroxyl groups excluding tert-OH is 2. The van der Waals surface area contributed by atoms with Crippen molar-refractivity contribution in [3.8, 4) is 0 Å². The molecule has 4 rings (SSSR count). The number of aliphatic hydroxyl groups is 2. The molecule has 0 aliphatic carbocycles. The van der Waals surface area contributed by atoms with E-state index in [9.17, 15) is 38.8 Å². The van der Waals surface area contributed by atoms with Crippen molar-refractivity contribution in [2.45, 2.75) is 63.6 Å². The van der Waals surface area contributed by atoms with Gasteiger partial charge in [0.05, 0.1) is 25.4 Å². The Morgan fingerprint density at radius 3 is 2.03 bits per heavy atom. The SMILES string of the molecule is Cc1cn([C@H]2C[C@@H](O)[C@@H](COP(=O)([O-])O[C@@H]3C[C@H](n4cc(C)c(=O)[nH]c4=O)O[C@@H]3CO)O2)c(=O)[nH]c1=O.[Na+]. The molecule has 0 radical (unpaired) electrons. The molecule has 2 saturated heterocycles. The molecule has 0 aromatic carbocycles. The molecule has 2 fully saturated rings. The molecule has 2 aromatic rings. The summed E-state index contributed by atoms with van der Waals surface area (Å²) in [5, 5.41) is 19.9. The second-order valence-corrected chi connectivity index (χ2v) is 10.2. The van der Waals surface area contributed by atoms with Gasteiger partial charge in [0.2, 0.25) is 0 Å². The Morgan fingerprint density at radius 1 is 1.00 bits per heavy atom. The number of nitrogens with zero attached hydrogens (tertiary/aromatic N) is 2. The summed E-state index contributed by atoms with van der Waals surface area (Å²) in [5.41, 5.74) is -2.22. The van der Waals surface area contributed by atoms with E-state index in [1.807, 2.05) is 0 Å². The minimum absolute atomic E-state index is 0. The number of phosphoric ester groups is 1. The molecule has 2 aliphatic rings. The van der Waals surface area contributed by atoms with Gasteiger partial charge in [0.25, 0.3) is 18.9 Å². The molecule has 4 heterocycles. The van der Waals surface area contributed by atoms with Crippen LogP contribution in [0.25, 0.3) is 0 Å². The van der Waals surface area contributed by atoms with E-state index in [1.165, 1.54) is 26.2 Å². The van der Waals surface area contributed by atoms with Gasteiger partial charge in [-0.05, 0) is 13.8 Å². The first kappa shape index (κ1) is 30.8. The number of hydrogen-bond donors (Lipinski definition) is 4. The first-order valence-corrected chi connectivity index (χ1v) is 12.7. The van der Waals surface area contributed by atoms with Gasteiger partial charge in [-0.25, -0.2) is 9.59 Å². The molecule has 2 aromatic heterocycles. The van der Waals surface area contributed by atoms with Crippen molar-refractivity contribution < 1.29 is 67.8 Å². The van der Waals surface area contributed by atoms with E-state index in [-0.39, 0.29) is 53.5 Å². The van der Waals surface area contributed by atoms with Crippen LogP contribution in [0.2, 0.25) is 0 Å². The fourth-order valence-electron chi connectivity index (χ4n) is 4.14. The summed E-state index contributed by atoms with van der Waals surface area (Å²) in [6, 6.07) is 0. The van der Waals surface area contributed by atoms with E-state index in [0.717, 1.165) is 9.13 Å². The van der Waals surface area contributed by atoms with Crippen molar-refractivity contribution in [2.75, 3.05) is 13.2 Å². The topological polar surface area (TPSA) is 227 Å². The Morgan fingerprint density at radius 2 is 1.50 bits per heavy atom. The van der Waals surface area contributed by atoms with Crippen molar-refractivity contribution in [1.82, 2.24) is 19.1 Å². The summed E-state index contributed by atoms with van der Waals surface area (Å²) in [5.74, 6) is 0. The standard InChI is InChI=1S/C20H27N4O12P.Na/c1-9-5-23(19(29)21-17(9)27)15-3-11(26)14(35-15)8-33-37(31,32)36-12-4-16(34-13(12)7-25)24-6-10(2)18(28)22-20(24)30;/h5-6,11-16,25-26H,3-4,7-8H2,1-2H3,(H,31,32)(H,21,27,29)(H,22,28,30);/q;+1/p-1/t11-,12-,13-,14-,15-,16-;/m1./s1. The van der Waals surface area contributed by atoms with Crippen LogP contribution in [0.15, 0.2) is 31.6 Å². The third-order valence-electron chi connectivity index (χ3n) is 6.14. The monoisotopic (exact) mass is 568 g/mol. The van der Waals surface area contributed by atoms with Crippen LogP contribution in [0.4, 0.5) is 0 Å². The maximum atomic E-state index is 12.5. The summed E-state index contributed by atoms with van der Waals surface area (Å²) in [7, 11) is -5.03. The summed E-state index contributed by atoms with van der Waals surface area (Å²) in [4.78, 5) is 64.1. The number of H-pyrrole nitrogens is 2. The van der Waals surface area contributed by atoms with Crippen molar-refractivity contribution in [3.05, 3.63) is 65.2 Å². The molecular weight excluding hydrogens is 542 g/mol. The number of hydrogen-bond acceptors (Lipinski definition) is 12. The molecule has 7 atom stereocenters. The fourth-order valence-corrected chi connectivity index (χ4v) is 5.09. The van der Waals surface area contributed by atoms with Crippen LogP contribution in [0.1, 0.15) is 36.4 Å². The van der Waals surface area contributed by atoms with Gasteiger partial charge in [0.1, 0.15) is 24.7 Å².